The molecule has 2 rings (SSSR count). The average molecular weight is 236 g/mol. The number of rotatable bonds is 4. The van der Waals surface area contributed by atoms with Gasteiger partial charge in [-0.25, -0.2) is 4.39 Å². The Morgan fingerprint density at radius 1 is 1.53 bits per heavy atom. The molecule has 0 spiro atoms. The van der Waals surface area contributed by atoms with Crippen LogP contribution in [-0.2, 0) is 0 Å². The maximum Gasteiger partial charge on any atom is 0.122 e. The molecule has 1 aromatic rings. The Morgan fingerprint density at radius 3 is 2.94 bits per heavy atom. The molecule has 94 valence electrons. The smallest absolute Gasteiger partial charge is 0.122 e. The number of hydrogen-bond acceptors (Lipinski definition) is 2. The van der Waals surface area contributed by atoms with E-state index in [9.17, 15) is 4.39 Å². The molecule has 0 bridgehead atoms. The summed E-state index contributed by atoms with van der Waals surface area (Å²) >= 11 is 0. The second-order valence-corrected chi connectivity index (χ2v) is 4.86. The van der Waals surface area contributed by atoms with E-state index in [-0.39, 0.29) is 0 Å². The molecule has 0 aliphatic carbocycles. The molecule has 1 aromatic carbocycles. The molecule has 0 saturated carbocycles. The summed E-state index contributed by atoms with van der Waals surface area (Å²) < 4.78 is 13.1. The summed E-state index contributed by atoms with van der Waals surface area (Å²) in [5, 5.41) is 6.89. The molecule has 17 heavy (non-hydrogen) atoms. The minimum absolute atomic E-state index is 0.578. The van der Waals surface area contributed by atoms with Gasteiger partial charge >= 0.3 is 0 Å². The zero-order chi connectivity index (χ0) is 12.3. The van der Waals surface area contributed by atoms with Gasteiger partial charge in [0.1, 0.15) is 6.17 Å². The van der Waals surface area contributed by atoms with Crippen molar-refractivity contribution in [1.82, 2.24) is 5.32 Å². The first kappa shape index (κ1) is 12.4. The van der Waals surface area contributed by atoms with E-state index in [1.807, 2.05) is 25.1 Å². The third kappa shape index (κ3) is 3.19. The highest BCUT2D eigenvalue weighted by atomic mass is 19.1. The molecule has 0 radical (unpaired) electrons. The molecule has 2 N–H and O–H groups in total. The fraction of sp³-hybridized carbons (Fsp3) is 0.571. The Morgan fingerprint density at radius 2 is 2.35 bits per heavy atom. The zero-order valence-electron chi connectivity index (χ0n) is 10.6. The SMILES string of the molecule is Cc1cc(C(C)F)ccc1NCC1CCCN1. The molecule has 3 heteroatoms. The van der Waals surface area contributed by atoms with Crippen molar-refractivity contribution in [3.05, 3.63) is 29.3 Å². The van der Waals surface area contributed by atoms with Gasteiger partial charge in [0.25, 0.3) is 0 Å². The fourth-order valence-electron chi connectivity index (χ4n) is 2.30. The number of hydrogen-bond donors (Lipinski definition) is 2. The van der Waals surface area contributed by atoms with Crippen LogP contribution in [0.25, 0.3) is 0 Å². The van der Waals surface area contributed by atoms with E-state index in [1.54, 1.807) is 6.92 Å². The van der Waals surface area contributed by atoms with Gasteiger partial charge < -0.3 is 10.6 Å². The number of aryl methyl sites for hydroxylation is 1. The lowest BCUT2D eigenvalue weighted by Gasteiger charge is -2.15. The fourth-order valence-corrected chi connectivity index (χ4v) is 2.30. The maximum absolute atomic E-state index is 13.1. The summed E-state index contributed by atoms with van der Waals surface area (Å²) in [6.07, 6.45) is 1.62. The molecule has 2 unspecified atom stereocenters. The molecule has 1 aliphatic heterocycles. The van der Waals surface area contributed by atoms with Gasteiger partial charge in [-0.05, 0) is 50.4 Å². The summed E-state index contributed by atoms with van der Waals surface area (Å²) in [5.41, 5.74) is 2.99. The summed E-state index contributed by atoms with van der Waals surface area (Å²) in [5.74, 6) is 0. The summed E-state index contributed by atoms with van der Waals surface area (Å²) in [6.45, 7) is 5.68. The summed E-state index contributed by atoms with van der Waals surface area (Å²) in [6, 6.07) is 6.35. The van der Waals surface area contributed by atoms with Gasteiger partial charge in [-0.3, -0.25) is 0 Å². The highest BCUT2D eigenvalue weighted by Gasteiger charge is 2.13. The van der Waals surface area contributed by atoms with Crippen LogP contribution in [0.2, 0.25) is 0 Å². The van der Waals surface area contributed by atoms with Crippen molar-refractivity contribution in [3.63, 3.8) is 0 Å². The van der Waals surface area contributed by atoms with E-state index in [4.69, 9.17) is 0 Å². The molecular formula is C14H21FN2. The minimum atomic E-state index is -0.890. The first-order valence-corrected chi connectivity index (χ1v) is 6.38. The van der Waals surface area contributed by atoms with Gasteiger partial charge in [-0.15, -0.1) is 0 Å². The van der Waals surface area contributed by atoms with Crippen molar-refractivity contribution in [2.75, 3.05) is 18.4 Å². The minimum Gasteiger partial charge on any atom is -0.383 e. The van der Waals surface area contributed by atoms with E-state index >= 15 is 0 Å². The standard InChI is InChI=1S/C14H21FN2/c1-10-8-12(11(2)15)5-6-14(10)17-9-13-4-3-7-16-13/h5-6,8,11,13,16-17H,3-4,7,9H2,1-2H3. The van der Waals surface area contributed by atoms with Crippen LogP contribution in [0.4, 0.5) is 10.1 Å². The van der Waals surface area contributed by atoms with Crippen LogP contribution >= 0.6 is 0 Å². The van der Waals surface area contributed by atoms with Crippen molar-refractivity contribution >= 4 is 5.69 Å². The van der Waals surface area contributed by atoms with Gasteiger partial charge in [0.2, 0.25) is 0 Å². The predicted octanol–water partition coefficient (Wildman–Crippen LogP) is 3.19. The number of anilines is 1. The van der Waals surface area contributed by atoms with E-state index in [0.29, 0.717) is 6.04 Å². The number of nitrogens with one attached hydrogen (secondary N) is 2. The van der Waals surface area contributed by atoms with Crippen LogP contribution < -0.4 is 10.6 Å². The number of alkyl halides is 1. The Kier molecular flexibility index (Phi) is 4.00. The van der Waals surface area contributed by atoms with E-state index in [2.05, 4.69) is 10.6 Å². The molecule has 1 saturated heterocycles. The topological polar surface area (TPSA) is 24.1 Å². The van der Waals surface area contributed by atoms with Crippen LogP contribution in [0.3, 0.4) is 0 Å². The second-order valence-electron chi connectivity index (χ2n) is 4.86. The molecule has 0 aromatic heterocycles. The van der Waals surface area contributed by atoms with E-state index in [1.165, 1.54) is 12.8 Å². The second kappa shape index (κ2) is 5.50. The van der Waals surface area contributed by atoms with E-state index < -0.39 is 6.17 Å². The van der Waals surface area contributed by atoms with Crippen LogP contribution in [0.1, 0.15) is 37.1 Å². The summed E-state index contributed by atoms with van der Waals surface area (Å²) in [4.78, 5) is 0. The van der Waals surface area contributed by atoms with Gasteiger partial charge in [-0.2, -0.15) is 0 Å². The first-order chi connectivity index (χ1) is 8.16. The van der Waals surface area contributed by atoms with Crippen molar-refractivity contribution in [3.8, 4) is 0 Å². The molecule has 1 aliphatic rings. The van der Waals surface area contributed by atoms with Crippen LogP contribution in [0.5, 0.6) is 0 Å². The highest BCUT2D eigenvalue weighted by Crippen LogP contribution is 2.23. The number of halogens is 1. The predicted molar refractivity (Wildman–Crippen MR) is 70.2 cm³/mol. The van der Waals surface area contributed by atoms with Crippen LogP contribution in [0.15, 0.2) is 18.2 Å². The van der Waals surface area contributed by atoms with Crippen LogP contribution in [0, 0.1) is 6.92 Å². The lowest BCUT2D eigenvalue weighted by Crippen LogP contribution is -2.29. The quantitative estimate of drug-likeness (QED) is 0.839. The molecule has 1 heterocycles. The summed E-state index contributed by atoms with van der Waals surface area (Å²) in [7, 11) is 0. The monoisotopic (exact) mass is 236 g/mol. The first-order valence-electron chi connectivity index (χ1n) is 6.38. The third-order valence-electron chi connectivity index (χ3n) is 3.41. The third-order valence-corrected chi connectivity index (χ3v) is 3.41. The Labute approximate surface area is 103 Å². The van der Waals surface area contributed by atoms with Gasteiger partial charge in [0.05, 0.1) is 0 Å². The normalized spacial score (nSPS) is 21.5. The Balaban J connectivity index is 1.96. The zero-order valence-corrected chi connectivity index (χ0v) is 10.6. The average Bonchev–Trinajstić information content (AvgIpc) is 2.80. The molecule has 1 fully saturated rings. The highest BCUT2D eigenvalue weighted by molar-refractivity contribution is 5.52. The largest absolute Gasteiger partial charge is 0.383 e. The van der Waals surface area contributed by atoms with Gasteiger partial charge in [0.15, 0.2) is 0 Å². The lowest BCUT2D eigenvalue weighted by molar-refractivity contribution is 0.374. The Hall–Kier alpha value is -1.09. The van der Waals surface area contributed by atoms with Gasteiger partial charge in [-0.1, -0.05) is 12.1 Å². The Bertz CT molecular complexity index is 370. The van der Waals surface area contributed by atoms with Gasteiger partial charge in [0, 0.05) is 18.3 Å². The van der Waals surface area contributed by atoms with Crippen molar-refractivity contribution in [2.24, 2.45) is 0 Å². The van der Waals surface area contributed by atoms with Crippen molar-refractivity contribution in [2.45, 2.75) is 38.9 Å². The molecule has 2 atom stereocenters. The van der Waals surface area contributed by atoms with E-state index in [0.717, 1.165) is 29.9 Å². The van der Waals surface area contributed by atoms with Crippen molar-refractivity contribution < 1.29 is 4.39 Å². The van der Waals surface area contributed by atoms with Crippen LogP contribution in [-0.4, -0.2) is 19.1 Å². The maximum atomic E-state index is 13.1. The lowest BCUT2D eigenvalue weighted by atomic mass is 10.1. The number of benzene rings is 1. The molecular weight excluding hydrogens is 215 g/mol. The molecule has 0 amide bonds. The molecule has 2 nitrogen and oxygen atoms in total. The van der Waals surface area contributed by atoms with Crippen molar-refractivity contribution in [1.29, 1.82) is 0 Å².